The van der Waals surface area contributed by atoms with E-state index >= 15 is 0 Å². The van der Waals surface area contributed by atoms with Gasteiger partial charge in [-0.3, -0.25) is 4.21 Å². The maximum atomic E-state index is 13.3. The molecule has 0 radical (unpaired) electrons. The number of rotatable bonds is 5. The van der Waals surface area contributed by atoms with Gasteiger partial charge in [0.1, 0.15) is 5.82 Å². The molecular weight excluding hydrogens is 237 g/mol. The van der Waals surface area contributed by atoms with Crippen LogP contribution in [0.25, 0.3) is 0 Å². The van der Waals surface area contributed by atoms with E-state index in [0.717, 1.165) is 0 Å². The summed E-state index contributed by atoms with van der Waals surface area (Å²) in [6.45, 7) is 0.497. The Bertz CT molecular complexity index is 339. The number of hydrogen-bond donors (Lipinski definition) is 1. The molecule has 0 spiro atoms. The lowest BCUT2D eigenvalue weighted by Gasteiger charge is -2.05. The molecule has 1 atom stereocenters. The van der Waals surface area contributed by atoms with Crippen molar-refractivity contribution in [2.75, 3.05) is 12.3 Å². The van der Waals surface area contributed by atoms with E-state index in [0.29, 0.717) is 29.3 Å². The lowest BCUT2D eigenvalue weighted by molar-refractivity contribution is 0.615. The van der Waals surface area contributed by atoms with Crippen molar-refractivity contribution in [3.8, 4) is 0 Å². The smallest absolute Gasteiger partial charge is 0.128 e. The molecule has 1 aromatic rings. The number of hydrogen-bond acceptors (Lipinski definition) is 2. The van der Waals surface area contributed by atoms with Crippen molar-refractivity contribution < 1.29 is 8.60 Å². The molecule has 0 aliphatic heterocycles. The van der Waals surface area contributed by atoms with Gasteiger partial charge in [0.2, 0.25) is 0 Å². The van der Waals surface area contributed by atoms with Gasteiger partial charge < -0.3 is 5.73 Å². The Morgan fingerprint density at radius 1 is 1.47 bits per heavy atom. The fourth-order valence-electron chi connectivity index (χ4n) is 1.15. The number of halogens is 2. The zero-order valence-electron chi connectivity index (χ0n) is 8.21. The summed E-state index contributed by atoms with van der Waals surface area (Å²) in [5, 5.41) is 0.330. The normalized spacial score (nSPS) is 12.7. The molecule has 1 rings (SSSR count). The molecule has 84 valence electrons. The zero-order valence-corrected chi connectivity index (χ0v) is 9.78. The molecule has 0 bridgehead atoms. The Labute approximate surface area is 96.1 Å². The van der Waals surface area contributed by atoms with Crippen LogP contribution in [0, 0.1) is 5.82 Å². The first-order valence-electron chi connectivity index (χ1n) is 4.63. The summed E-state index contributed by atoms with van der Waals surface area (Å²) in [6.07, 6.45) is 0.679. The zero-order chi connectivity index (χ0) is 11.3. The van der Waals surface area contributed by atoms with Crippen LogP contribution in [0.5, 0.6) is 0 Å². The van der Waals surface area contributed by atoms with Crippen LogP contribution in [0.2, 0.25) is 5.02 Å². The van der Waals surface area contributed by atoms with Gasteiger partial charge in [-0.15, -0.1) is 0 Å². The summed E-state index contributed by atoms with van der Waals surface area (Å²) in [5.74, 6) is 0.246. The van der Waals surface area contributed by atoms with Crippen molar-refractivity contribution in [2.45, 2.75) is 12.2 Å². The van der Waals surface area contributed by atoms with Crippen molar-refractivity contribution >= 4 is 22.4 Å². The number of benzene rings is 1. The molecule has 15 heavy (non-hydrogen) atoms. The van der Waals surface area contributed by atoms with Crippen molar-refractivity contribution in [1.82, 2.24) is 0 Å². The van der Waals surface area contributed by atoms with Crippen molar-refractivity contribution in [3.05, 3.63) is 34.6 Å². The molecule has 0 aliphatic carbocycles. The largest absolute Gasteiger partial charge is 0.330 e. The predicted octanol–water partition coefficient (Wildman–Crippen LogP) is 2.08. The van der Waals surface area contributed by atoms with Crippen LogP contribution in [-0.2, 0) is 16.6 Å². The van der Waals surface area contributed by atoms with Gasteiger partial charge >= 0.3 is 0 Å². The third kappa shape index (κ3) is 3.89. The minimum Gasteiger partial charge on any atom is -0.330 e. The summed E-state index contributed by atoms with van der Waals surface area (Å²) < 4.78 is 24.8. The molecule has 0 amide bonds. The first kappa shape index (κ1) is 12.6. The minimum atomic E-state index is -1.10. The lowest BCUT2D eigenvalue weighted by atomic mass is 10.2. The van der Waals surface area contributed by atoms with E-state index in [9.17, 15) is 8.60 Å². The molecule has 0 saturated heterocycles. The quantitative estimate of drug-likeness (QED) is 0.868. The van der Waals surface area contributed by atoms with E-state index in [1.807, 2.05) is 0 Å². The highest BCUT2D eigenvalue weighted by Crippen LogP contribution is 2.20. The Morgan fingerprint density at radius 2 is 2.20 bits per heavy atom. The molecule has 1 aromatic carbocycles. The van der Waals surface area contributed by atoms with E-state index in [4.69, 9.17) is 17.3 Å². The van der Waals surface area contributed by atoms with E-state index in [1.54, 1.807) is 6.07 Å². The van der Waals surface area contributed by atoms with Gasteiger partial charge in [0, 0.05) is 27.1 Å². The maximum absolute atomic E-state index is 13.3. The third-order valence-electron chi connectivity index (χ3n) is 1.94. The average molecular weight is 250 g/mol. The highest BCUT2D eigenvalue weighted by molar-refractivity contribution is 7.84. The first-order valence-corrected chi connectivity index (χ1v) is 6.49. The summed E-state index contributed by atoms with van der Waals surface area (Å²) >= 11 is 5.81. The van der Waals surface area contributed by atoms with Crippen LogP contribution in [0.1, 0.15) is 12.0 Å². The van der Waals surface area contributed by atoms with Gasteiger partial charge in [-0.1, -0.05) is 17.7 Å². The fraction of sp³-hybridized carbons (Fsp3) is 0.400. The Kier molecular flexibility index (Phi) is 5.22. The molecule has 0 saturated carbocycles. The van der Waals surface area contributed by atoms with Crippen LogP contribution < -0.4 is 5.73 Å². The Morgan fingerprint density at radius 3 is 2.80 bits per heavy atom. The summed E-state index contributed by atoms with van der Waals surface area (Å²) in [4.78, 5) is 0. The monoisotopic (exact) mass is 249 g/mol. The molecule has 2 N–H and O–H groups in total. The van der Waals surface area contributed by atoms with Gasteiger partial charge in [-0.2, -0.15) is 0 Å². The lowest BCUT2D eigenvalue weighted by Crippen LogP contribution is -2.08. The molecule has 0 aromatic heterocycles. The van der Waals surface area contributed by atoms with E-state index in [2.05, 4.69) is 0 Å². The van der Waals surface area contributed by atoms with Crippen LogP contribution in [0.3, 0.4) is 0 Å². The highest BCUT2D eigenvalue weighted by Gasteiger charge is 2.10. The van der Waals surface area contributed by atoms with Gasteiger partial charge in [-0.25, -0.2) is 4.39 Å². The van der Waals surface area contributed by atoms with Crippen molar-refractivity contribution in [3.63, 3.8) is 0 Å². The van der Waals surface area contributed by atoms with E-state index in [1.165, 1.54) is 12.1 Å². The second kappa shape index (κ2) is 6.20. The molecule has 0 fully saturated rings. The summed E-state index contributed by atoms with van der Waals surface area (Å²) in [6, 6.07) is 4.45. The van der Waals surface area contributed by atoms with E-state index in [-0.39, 0.29) is 5.75 Å². The summed E-state index contributed by atoms with van der Waals surface area (Å²) in [7, 11) is -1.10. The van der Waals surface area contributed by atoms with Gasteiger partial charge in [-0.05, 0) is 25.1 Å². The molecular formula is C10H13ClFNOS. The Hall–Kier alpha value is -0.450. The molecule has 0 aliphatic rings. The summed E-state index contributed by atoms with van der Waals surface area (Å²) in [5.41, 5.74) is 5.62. The van der Waals surface area contributed by atoms with Gasteiger partial charge in [0.05, 0.1) is 5.75 Å². The highest BCUT2D eigenvalue weighted by atomic mass is 35.5. The molecule has 5 heteroatoms. The van der Waals surface area contributed by atoms with Gasteiger partial charge in [0.25, 0.3) is 0 Å². The third-order valence-corrected chi connectivity index (χ3v) is 3.65. The van der Waals surface area contributed by atoms with Crippen molar-refractivity contribution in [2.24, 2.45) is 5.73 Å². The van der Waals surface area contributed by atoms with Crippen LogP contribution >= 0.6 is 11.6 Å². The van der Waals surface area contributed by atoms with Crippen LogP contribution in [0.15, 0.2) is 18.2 Å². The molecule has 0 heterocycles. The maximum Gasteiger partial charge on any atom is 0.128 e. The first-order chi connectivity index (χ1) is 7.15. The second-order valence-corrected chi connectivity index (χ2v) is 5.11. The molecule has 1 unspecified atom stereocenters. The van der Waals surface area contributed by atoms with Crippen molar-refractivity contribution in [1.29, 1.82) is 0 Å². The minimum absolute atomic E-state index is 0.158. The second-order valence-electron chi connectivity index (χ2n) is 3.13. The van der Waals surface area contributed by atoms with E-state index < -0.39 is 16.6 Å². The van der Waals surface area contributed by atoms with Crippen LogP contribution in [-0.4, -0.2) is 16.5 Å². The SMILES string of the molecule is NCCCS(=O)Cc1c(F)cccc1Cl. The Balaban J connectivity index is 2.68. The van der Waals surface area contributed by atoms with Gasteiger partial charge in [0.15, 0.2) is 0 Å². The topological polar surface area (TPSA) is 43.1 Å². The number of nitrogens with two attached hydrogens (primary N) is 1. The predicted molar refractivity (Wildman–Crippen MR) is 61.8 cm³/mol. The molecule has 2 nitrogen and oxygen atoms in total. The fourth-order valence-corrected chi connectivity index (χ4v) is 2.71. The standard InChI is InChI=1S/C10H13ClFNOS/c11-9-3-1-4-10(12)8(9)7-15(14)6-2-5-13/h1,3-4H,2,5-7,13H2. The van der Waals surface area contributed by atoms with Crippen LogP contribution in [0.4, 0.5) is 4.39 Å². The average Bonchev–Trinajstić information content (AvgIpc) is 2.21.